The van der Waals surface area contributed by atoms with Crippen LogP contribution in [-0.2, 0) is 11.3 Å². The summed E-state index contributed by atoms with van der Waals surface area (Å²) >= 11 is 5.88. The number of nitrogens with zero attached hydrogens (tertiary/aromatic N) is 1. The van der Waals surface area contributed by atoms with E-state index in [1.54, 1.807) is 31.2 Å². The molecule has 2 aromatic carbocycles. The Kier molecular flexibility index (Phi) is 7.61. The molecule has 0 spiro atoms. The third kappa shape index (κ3) is 6.57. The third-order valence-electron chi connectivity index (χ3n) is 4.12. The molecule has 2 N–H and O–H groups in total. The maximum absolute atomic E-state index is 12.9. The van der Waals surface area contributed by atoms with Gasteiger partial charge in [0.15, 0.2) is 0 Å². The van der Waals surface area contributed by atoms with Crippen molar-refractivity contribution in [1.29, 1.82) is 0 Å². The first-order valence-corrected chi connectivity index (χ1v) is 9.09. The molecule has 2 aromatic rings. The molecule has 0 aliphatic carbocycles. The second-order valence-corrected chi connectivity index (χ2v) is 6.58. The summed E-state index contributed by atoms with van der Waals surface area (Å²) in [6, 6.07) is 12.6. The fourth-order valence-electron chi connectivity index (χ4n) is 2.47. The molecule has 0 bridgehead atoms. The predicted octanol–water partition coefficient (Wildman–Crippen LogP) is 3.89. The fourth-order valence-corrected chi connectivity index (χ4v) is 2.60. The average molecular weight is 392 g/mol. The molecule has 0 saturated heterocycles. The lowest BCUT2D eigenvalue weighted by Gasteiger charge is -2.23. The largest absolute Gasteiger partial charge is 0.350 e. The summed E-state index contributed by atoms with van der Waals surface area (Å²) in [6.07, 6.45) is 0. The van der Waals surface area contributed by atoms with Crippen LogP contribution >= 0.6 is 11.6 Å². The van der Waals surface area contributed by atoms with Crippen molar-refractivity contribution in [2.75, 3.05) is 13.1 Å². The number of carbonyl (C=O) groups is 2. The topological polar surface area (TPSA) is 61.4 Å². The molecule has 0 heterocycles. The van der Waals surface area contributed by atoms with E-state index < -0.39 is 0 Å². The van der Waals surface area contributed by atoms with Gasteiger partial charge in [-0.3, -0.25) is 4.79 Å². The molecular formula is C20H23ClFN3O2. The van der Waals surface area contributed by atoms with Crippen molar-refractivity contribution >= 4 is 23.5 Å². The number of amides is 3. The SMILES string of the molecule is CCN(CC(=O)NCc1ccc(F)cc1)C(=O)N[C@@H](C)c1ccc(Cl)cc1. The van der Waals surface area contributed by atoms with E-state index in [2.05, 4.69) is 10.6 Å². The van der Waals surface area contributed by atoms with Crippen molar-refractivity contribution in [2.24, 2.45) is 0 Å². The van der Waals surface area contributed by atoms with Crippen LogP contribution in [0.1, 0.15) is 31.0 Å². The normalized spacial score (nSPS) is 11.6. The van der Waals surface area contributed by atoms with Crippen LogP contribution in [0.3, 0.4) is 0 Å². The molecule has 7 heteroatoms. The Bertz CT molecular complexity index is 766. The highest BCUT2D eigenvalue weighted by Crippen LogP contribution is 2.16. The van der Waals surface area contributed by atoms with Gasteiger partial charge in [0.05, 0.1) is 6.04 Å². The Morgan fingerprint density at radius 2 is 1.74 bits per heavy atom. The van der Waals surface area contributed by atoms with Gasteiger partial charge in [0.2, 0.25) is 5.91 Å². The van der Waals surface area contributed by atoms with Crippen molar-refractivity contribution in [1.82, 2.24) is 15.5 Å². The Morgan fingerprint density at radius 1 is 1.11 bits per heavy atom. The van der Waals surface area contributed by atoms with Gasteiger partial charge in [-0.15, -0.1) is 0 Å². The standard InChI is InChI=1S/C20H23ClFN3O2/c1-3-25(13-19(26)23-12-15-4-10-18(22)11-5-15)20(27)24-14(2)16-6-8-17(21)9-7-16/h4-11,14H,3,12-13H2,1-2H3,(H,23,26)(H,24,27)/t14-/m0/s1. The summed E-state index contributed by atoms with van der Waals surface area (Å²) in [6.45, 7) is 4.28. The molecule has 1 atom stereocenters. The first-order valence-electron chi connectivity index (χ1n) is 8.71. The van der Waals surface area contributed by atoms with Crippen LogP contribution in [0.15, 0.2) is 48.5 Å². The Morgan fingerprint density at radius 3 is 2.33 bits per heavy atom. The number of urea groups is 1. The van der Waals surface area contributed by atoms with Gasteiger partial charge in [-0.1, -0.05) is 35.9 Å². The first kappa shape index (κ1) is 20.7. The average Bonchev–Trinajstić information content (AvgIpc) is 2.66. The molecule has 0 aliphatic rings. The van der Waals surface area contributed by atoms with E-state index in [-0.39, 0.29) is 36.9 Å². The predicted molar refractivity (Wildman–Crippen MR) is 104 cm³/mol. The van der Waals surface area contributed by atoms with E-state index in [9.17, 15) is 14.0 Å². The molecule has 0 unspecified atom stereocenters. The van der Waals surface area contributed by atoms with E-state index in [4.69, 9.17) is 11.6 Å². The quantitative estimate of drug-likeness (QED) is 0.752. The van der Waals surface area contributed by atoms with Crippen molar-refractivity contribution in [3.05, 3.63) is 70.5 Å². The molecule has 0 fully saturated rings. The highest BCUT2D eigenvalue weighted by atomic mass is 35.5. The second kappa shape index (κ2) is 9.92. The maximum atomic E-state index is 12.9. The fraction of sp³-hybridized carbons (Fsp3) is 0.300. The number of hydrogen-bond acceptors (Lipinski definition) is 2. The van der Waals surface area contributed by atoms with E-state index in [0.29, 0.717) is 11.6 Å². The summed E-state index contributed by atoms with van der Waals surface area (Å²) in [5, 5.41) is 6.24. The van der Waals surface area contributed by atoms with E-state index in [1.807, 2.05) is 19.1 Å². The monoisotopic (exact) mass is 391 g/mol. The van der Waals surface area contributed by atoms with Gasteiger partial charge in [0.25, 0.3) is 0 Å². The Hall–Kier alpha value is -2.60. The maximum Gasteiger partial charge on any atom is 0.318 e. The summed E-state index contributed by atoms with van der Waals surface area (Å²) in [5.74, 6) is -0.607. The molecule has 3 amide bonds. The molecular weight excluding hydrogens is 369 g/mol. The van der Waals surface area contributed by atoms with E-state index >= 15 is 0 Å². The Labute approximate surface area is 163 Å². The van der Waals surface area contributed by atoms with Crippen LogP contribution < -0.4 is 10.6 Å². The number of halogens is 2. The number of nitrogens with one attached hydrogen (secondary N) is 2. The van der Waals surface area contributed by atoms with Gasteiger partial charge < -0.3 is 15.5 Å². The summed E-state index contributed by atoms with van der Waals surface area (Å²) in [5.41, 5.74) is 1.71. The third-order valence-corrected chi connectivity index (χ3v) is 4.37. The van der Waals surface area contributed by atoms with Gasteiger partial charge >= 0.3 is 6.03 Å². The van der Waals surface area contributed by atoms with Crippen LogP contribution in [-0.4, -0.2) is 29.9 Å². The second-order valence-electron chi connectivity index (χ2n) is 6.14. The zero-order chi connectivity index (χ0) is 19.8. The molecule has 27 heavy (non-hydrogen) atoms. The lowest BCUT2D eigenvalue weighted by Crippen LogP contribution is -2.45. The summed E-state index contributed by atoms with van der Waals surface area (Å²) in [7, 11) is 0. The Balaban J connectivity index is 1.85. The summed E-state index contributed by atoms with van der Waals surface area (Å²) in [4.78, 5) is 26.0. The molecule has 5 nitrogen and oxygen atoms in total. The minimum Gasteiger partial charge on any atom is -0.350 e. The molecule has 0 aromatic heterocycles. The number of benzene rings is 2. The van der Waals surface area contributed by atoms with Crippen molar-refractivity contribution in [3.63, 3.8) is 0 Å². The van der Waals surface area contributed by atoms with E-state index in [0.717, 1.165) is 11.1 Å². The smallest absolute Gasteiger partial charge is 0.318 e. The number of carbonyl (C=O) groups excluding carboxylic acids is 2. The van der Waals surface area contributed by atoms with Crippen molar-refractivity contribution in [2.45, 2.75) is 26.4 Å². The molecule has 2 rings (SSSR count). The van der Waals surface area contributed by atoms with Crippen LogP contribution in [0.5, 0.6) is 0 Å². The van der Waals surface area contributed by atoms with Crippen LogP contribution in [0.4, 0.5) is 9.18 Å². The molecule has 0 radical (unpaired) electrons. The van der Waals surface area contributed by atoms with Crippen LogP contribution in [0.25, 0.3) is 0 Å². The first-order chi connectivity index (χ1) is 12.9. The highest BCUT2D eigenvalue weighted by Gasteiger charge is 2.18. The van der Waals surface area contributed by atoms with Crippen LogP contribution in [0.2, 0.25) is 5.02 Å². The number of hydrogen-bond donors (Lipinski definition) is 2. The molecule has 144 valence electrons. The minimum atomic E-state index is -0.325. The molecule has 0 saturated carbocycles. The lowest BCUT2D eigenvalue weighted by molar-refractivity contribution is -0.121. The van der Waals surface area contributed by atoms with Crippen molar-refractivity contribution < 1.29 is 14.0 Å². The van der Waals surface area contributed by atoms with Crippen molar-refractivity contribution in [3.8, 4) is 0 Å². The zero-order valence-corrected chi connectivity index (χ0v) is 16.1. The van der Waals surface area contributed by atoms with Gasteiger partial charge in [-0.2, -0.15) is 0 Å². The van der Waals surface area contributed by atoms with Gasteiger partial charge in [0, 0.05) is 18.1 Å². The minimum absolute atomic E-state index is 0.0587. The van der Waals surface area contributed by atoms with Gasteiger partial charge in [-0.25, -0.2) is 9.18 Å². The molecule has 0 aliphatic heterocycles. The number of rotatable bonds is 7. The van der Waals surface area contributed by atoms with E-state index in [1.165, 1.54) is 17.0 Å². The lowest BCUT2D eigenvalue weighted by atomic mass is 10.1. The van der Waals surface area contributed by atoms with Gasteiger partial charge in [0.1, 0.15) is 12.4 Å². The summed E-state index contributed by atoms with van der Waals surface area (Å²) < 4.78 is 12.9. The van der Waals surface area contributed by atoms with Crippen LogP contribution in [0, 0.1) is 5.82 Å². The van der Waals surface area contributed by atoms with Gasteiger partial charge in [-0.05, 0) is 49.2 Å². The zero-order valence-electron chi connectivity index (χ0n) is 15.3. The number of likely N-dealkylation sites (N-methyl/N-ethyl adjacent to an activating group) is 1. The highest BCUT2D eigenvalue weighted by molar-refractivity contribution is 6.30.